The van der Waals surface area contributed by atoms with E-state index in [0.717, 1.165) is 0 Å². The molecule has 0 fully saturated rings. The number of nitrogens with two attached hydrogens (primary N) is 2. The molecule has 0 amide bonds. The van der Waals surface area contributed by atoms with Gasteiger partial charge in [0.15, 0.2) is 0 Å². The molecular formula is C8H18Br2N2. The molecule has 74 valence electrons. The second kappa shape index (κ2) is 3.56. The monoisotopic (exact) mass is 300 g/mol. The topological polar surface area (TPSA) is 52.0 Å². The number of hydrogen-bond donors (Lipinski definition) is 2. The summed E-state index contributed by atoms with van der Waals surface area (Å²) < 4.78 is -0.300. The van der Waals surface area contributed by atoms with Crippen LogP contribution in [0.3, 0.4) is 0 Å². The van der Waals surface area contributed by atoms with Crippen molar-refractivity contribution in [3.63, 3.8) is 0 Å². The molecule has 0 aromatic heterocycles. The molecule has 0 radical (unpaired) electrons. The van der Waals surface area contributed by atoms with Gasteiger partial charge < -0.3 is 11.5 Å². The summed E-state index contributed by atoms with van der Waals surface area (Å²) in [5.41, 5.74) is 11.3. The summed E-state index contributed by atoms with van der Waals surface area (Å²) in [6, 6.07) is 0. The highest BCUT2D eigenvalue weighted by Crippen LogP contribution is 2.48. The summed E-state index contributed by atoms with van der Waals surface area (Å²) in [5, 5.41) is 0. The van der Waals surface area contributed by atoms with E-state index < -0.39 is 0 Å². The maximum Gasteiger partial charge on any atom is 0.0994 e. The second-order valence-electron chi connectivity index (χ2n) is 4.26. The van der Waals surface area contributed by atoms with E-state index in [-0.39, 0.29) is 14.2 Å². The van der Waals surface area contributed by atoms with Crippen LogP contribution in [0.15, 0.2) is 0 Å². The molecule has 0 rings (SSSR count). The van der Waals surface area contributed by atoms with E-state index in [1.807, 2.05) is 13.8 Å². The van der Waals surface area contributed by atoms with Crippen LogP contribution in [-0.4, -0.2) is 15.3 Å². The Morgan fingerprint density at radius 3 is 1.50 bits per heavy atom. The first kappa shape index (κ1) is 12.9. The standard InChI is InChI=1S/C8H18Br2N2/c1-6(2,7(3,4)12)8(9,10)5-11/h5,11-12H2,1-4H3. The highest BCUT2D eigenvalue weighted by Gasteiger charge is 2.48. The van der Waals surface area contributed by atoms with E-state index in [1.54, 1.807) is 0 Å². The van der Waals surface area contributed by atoms with E-state index in [4.69, 9.17) is 11.5 Å². The van der Waals surface area contributed by atoms with Gasteiger partial charge in [0, 0.05) is 17.5 Å². The van der Waals surface area contributed by atoms with Gasteiger partial charge in [0.2, 0.25) is 0 Å². The highest BCUT2D eigenvalue weighted by atomic mass is 79.9. The van der Waals surface area contributed by atoms with Gasteiger partial charge in [-0.15, -0.1) is 0 Å². The molecule has 0 unspecified atom stereocenters. The highest BCUT2D eigenvalue weighted by molar-refractivity contribution is 9.25. The van der Waals surface area contributed by atoms with Crippen molar-refractivity contribution in [2.24, 2.45) is 16.9 Å². The van der Waals surface area contributed by atoms with E-state index >= 15 is 0 Å². The zero-order valence-electron chi connectivity index (χ0n) is 8.12. The molecule has 4 heteroatoms. The zero-order valence-corrected chi connectivity index (χ0v) is 11.3. The molecule has 0 aliphatic rings. The fraction of sp³-hybridized carbons (Fsp3) is 1.00. The fourth-order valence-electron chi connectivity index (χ4n) is 0.726. The van der Waals surface area contributed by atoms with Crippen molar-refractivity contribution in [3.05, 3.63) is 0 Å². The van der Waals surface area contributed by atoms with Crippen molar-refractivity contribution in [1.82, 2.24) is 0 Å². The van der Waals surface area contributed by atoms with Gasteiger partial charge in [-0.25, -0.2) is 0 Å². The van der Waals surface area contributed by atoms with Gasteiger partial charge in [-0.1, -0.05) is 45.7 Å². The average Bonchev–Trinajstić information content (AvgIpc) is 1.85. The quantitative estimate of drug-likeness (QED) is 0.785. The molecule has 0 heterocycles. The molecule has 0 spiro atoms. The molecule has 0 aliphatic heterocycles. The van der Waals surface area contributed by atoms with Gasteiger partial charge in [-0.3, -0.25) is 0 Å². The summed E-state index contributed by atoms with van der Waals surface area (Å²) >= 11 is 7.10. The molecule has 0 aromatic rings. The molecule has 12 heavy (non-hydrogen) atoms. The Labute approximate surface area is 91.7 Å². The lowest BCUT2D eigenvalue weighted by atomic mass is 9.73. The van der Waals surface area contributed by atoms with Crippen molar-refractivity contribution < 1.29 is 0 Å². The van der Waals surface area contributed by atoms with Crippen LogP contribution in [-0.2, 0) is 0 Å². The predicted molar refractivity (Wildman–Crippen MR) is 61.7 cm³/mol. The third kappa shape index (κ3) is 2.22. The molecular weight excluding hydrogens is 284 g/mol. The average molecular weight is 302 g/mol. The number of halogens is 2. The molecule has 0 bridgehead atoms. The molecule has 0 saturated carbocycles. The molecule has 4 N–H and O–H groups in total. The smallest absolute Gasteiger partial charge is 0.0994 e. The zero-order chi connectivity index (χ0) is 10.2. The first-order valence-corrected chi connectivity index (χ1v) is 5.51. The van der Waals surface area contributed by atoms with Gasteiger partial charge in [-0.05, 0) is 13.8 Å². The van der Waals surface area contributed by atoms with Crippen molar-refractivity contribution in [1.29, 1.82) is 0 Å². The molecule has 0 saturated heterocycles. The summed E-state index contributed by atoms with van der Waals surface area (Å²) in [6.45, 7) is 8.67. The first-order chi connectivity index (χ1) is 5.06. The second-order valence-corrected chi connectivity index (χ2v) is 8.03. The van der Waals surface area contributed by atoms with Crippen LogP contribution < -0.4 is 11.5 Å². The van der Waals surface area contributed by atoms with E-state index in [0.29, 0.717) is 6.54 Å². The lowest BCUT2D eigenvalue weighted by Gasteiger charge is -2.47. The number of alkyl halides is 2. The lowest BCUT2D eigenvalue weighted by molar-refractivity contribution is 0.190. The maximum absolute atomic E-state index is 6.06. The van der Waals surface area contributed by atoms with Crippen molar-refractivity contribution in [2.45, 2.75) is 36.5 Å². The van der Waals surface area contributed by atoms with Crippen LogP contribution in [0, 0.1) is 5.41 Å². The van der Waals surface area contributed by atoms with E-state index in [9.17, 15) is 0 Å². The number of rotatable bonds is 3. The Bertz CT molecular complexity index is 159. The Morgan fingerprint density at radius 1 is 1.08 bits per heavy atom. The van der Waals surface area contributed by atoms with Crippen LogP contribution >= 0.6 is 31.9 Å². The van der Waals surface area contributed by atoms with Gasteiger partial charge in [0.1, 0.15) is 0 Å². The molecule has 0 atom stereocenters. The summed E-state index contributed by atoms with van der Waals surface area (Å²) in [7, 11) is 0. The van der Waals surface area contributed by atoms with Crippen LogP contribution in [0.1, 0.15) is 27.7 Å². The minimum absolute atomic E-state index is 0.130. The van der Waals surface area contributed by atoms with Crippen molar-refractivity contribution in [3.8, 4) is 0 Å². The van der Waals surface area contributed by atoms with Crippen molar-refractivity contribution in [2.75, 3.05) is 6.54 Å². The minimum Gasteiger partial charge on any atom is -0.328 e. The largest absolute Gasteiger partial charge is 0.328 e. The van der Waals surface area contributed by atoms with Gasteiger partial charge in [0.05, 0.1) is 3.23 Å². The van der Waals surface area contributed by atoms with Gasteiger partial charge in [0.25, 0.3) is 0 Å². The fourth-order valence-corrected chi connectivity index (χ4v) is 1.75. The lowest BCUT2D eigenvalue weighted by Crippen LogP contribution is -2.57. The van der Waals surface area contributed by atoms with Gasteiger partial charge >= 0.3 is 0 Å². The van der Waals surface area contributed by atoms with Crippen LogP contribution in [0.4, 0.5) is 0 Å². The first-order valence-electron chi connectivity index (χ1n) is 3.93. The minimum atomic E-state index is -0.300. The summed E-state index contributed by atoms with van der Waals surface area (Å²) in [5.74, 6) is 0. The summed E-state index contributed by atoms with van der Waals surface area (Å²) in [6.07, 6.45) is 0. The van der Waals surface area contributed by atoms with Gasteiger partial charge in [-0.2, -0.15) is 0 Å². The third-order valence-electron chi connectivity index (χ3n) is 2.78. The molecule has 2 nitrogen and oxygen atoms in total. The van der Waals surface area contributed by atoms with Crippen LogP contribution in [0.25, 0.3) is 0 Å². The normalized spacial score (nSPS) is 15.0. The molecule has 0 aromatic carbocycles. The Balaban J connectivity index is 4.85. The number of hydrogen-bond acceptors (Lipinski definition) is 2. The van der Waals surface area contributed by atoms with E-state index in [1.165, 1.54) is 0 Å². The Morgan fingerprint density at radius 2 is 1.42 bits per heavy atom. The Hall–Kier alpha value is 0.880. The predicted octanol–water partition coefficient (Wildman–Crippen LogP) is 2.19. The third-order valence-corrected chi connectivity index (χ3v) is 5.41. The van der Waals surface area contributed by atoms with E-state index in [2.05, 4.69) is 45.7 Å². The van der Waals surface area contributed by atoms with Crippen LogP contribution in [0.2, 0.25) is 0 Å². The molecule has 0 aliphatic carbocycles. The SMILES string of the molecule is CC(C)(N)C(C)(C)C(Br)(Br)CN. The van der Waals surface area contributed by atoms with Crippen LogP contribution in [0.5, 0.6) is 0 Å². The van der Waals surface area contributed by atoms with Crippen molar-refractivity contribution >= 4 is 31.9 Å². The summed E-state index contributed by atoms with van der Waals surface area (Å²) in [4.78, 5) is 0. The maximum atomic E-state index is 6.06. The Kier molecular flexibility index (Phi) is 3.82.